The van der Waals surface area contributed by atoms with Gasteiger partial charge in [-0.15, -0.1) is 0 Å². The monoisotopic (exact) mass is 289 g/mol. The van der Waals surface area contributed by atoms with Gasteiger partial charge in [-0.1, -0.05) is 72.8 Å². The van der Waals surface area contributed by atoms with Gasteiger partial charge in [0.15, 0.2) is 0 Å². The Labute approximate surface area is 128 Å². The van der Waals surface area contributed by atoms with Crippen molar-refractivity contribution in [3.8, 4) is 22.4 Å². The number of para-hydroxylation sites is 1. The van der Waals surface area contributed by atoms with Crippen LogP contribution in [0.4, 0.5) is 4.70 Å². The number of H-pyrrole nitrogens is 1. The minimum Gasteiger partial charge on any atom is -0.355 e. The van der Waals surface area contributed by atoms with Crippen LogP contribution in [0.2, 0.25) is 0 Å². The van der Waals surface area contributed by atoms with Gasteiger partial charge in [-0.2, -0.15) is 0 Å². The lowest BCUT2D eigenvalue weighted by Crippen LogP contribution is -1.79. The Hall–Kier alpha value is -2.87. The number of nitrogens with one attached hydrogen (secondary N) is 1. The van der Waals surface area contributed by atoms with Crippen molar-refractivity contribution >= 4 is 10.9 Å². The Kier molecular flexibility index (Phi) is 3.75. The summed E-state index contributed by atoms with van der Waals surface area (Å²) in [5, 5.41) is 1.25. The number of rotatable bonds is 2. The van der Waals surface area contributed by atoms with Gasteiger partial charge in [0.25, 0.3) is 0 Å². The third-order valence-electron chi connectivity index (χ3n) is 3.83. The fourth-order valence-corrected chi connectivity index (χ4v) is 2.70. The van der Waals surface area contributed by atoms with Crippen LogP contribution >= 0.6 is 0 Å². The quantitative estimate of drug-likeness (QED) is 0.490. The van der Waals surface area contributed by atoms with Crippen LogP contribution in [0, 0.1) is 0 Å². The molecule has 0 aliphatic carbocycles. The molecule has 4 rings (SSSR count). The molecule has 0 bridgehead atoms. The first kappa shape index (κ1) is 14.1. The lowest BCUT2D eigenvalue weighted by molar-refractivity contribution is 1.11. The van der Waals surface area contributed by atoms with Gasteiger partial charge in [-0.3, -0.25) is 4.70 Å². The van der Waals surface area contributed by atoms with Crippen molar-refractivity contribution < 1.29 is 4.70 Å². The van der Waals surface area contributed by atoms with Crippen LogP contribution in [0.1, 0.15) is 0 Å². The van der Waals surface area contributed by atoms with Crippen molar-refractivity contribution in [2.45, 2.75) is 0 Å². The topological polar surface area (TPSA) is 15.8 Å². The van der Waals surface area contributed by atoms with E-state index in [4.69, 9.17) is 0 Å². The molecule has 1 aromatic heterocycles. The zero-order valence-electron chi connectivity index (χ0n) is 12.0. The fourth-order valence-electron chi connectivity index (χ4n) is 2.70. The van der Waals surface area contributed by atoms with E-state index in [0.29, 0.717) is 0 Å². The first-order valence-corrected chi connectivity index (χ1v) is 7.14. The molecular weight excluding hydrogens is 273 g/mol. The third-order valence-corrected chi connectivity index (χ3v) is 3.83. The zero-order valence-corrected chi connectivity index (χ0v) is 12.0. The summed E-state index contributed by atoms with van der Waals surface area (Å²) in [5.74, 6) is 0. The summed E-state index contributed by atoms with van der Waals surface area (Å²) in [6.07, 6.45) is 0. The van der Waals surface area contributed by atoms with Gasteiger partial charge in [0.2, 0.25) is 0 Å². The average Bonchev–Trinajstić information content (AvgIpc) is 3.00. The highest BCUT2D eigenvalue weighted by molar-refractivity contribution is 5.86. The first-order valence-electron chi connectivity index (χ1n) is 7.14. The molecule has 0 aliphatic heterocycles. The maximum atomic E-state index is 3.47. The van der Waals surface area contributed by atoms with E-state index in [-0.39, 0.29) is 4.70 Å². The average molecular weight is 289 g/mol. The van der Waals surface area contributed by atoms with Crippen LogP contribution in [0.25, 0.3) is 33.3 Å². The molecule has 1 nitrogen and oxygen atoms in total. The molecule has 1 heterocycles. The molecule has 3 aromatic carbocycles. The second-order valence-electron chi connectivity index (χ2n) is 5.21. The van der Waals surface area contributed by atoms with E-state index in [2.05, 4.69) is 83.8 Å². The summed E-state index contributed by atoms with van der Waals surface area (Å²) >= 11 is 0. The second-order valence-corrected chi connectivity index (χ2v) is 5.21. The molecule has 0 aliphatic rings. The fraction of sp³-hybridized carbons (Fsp3) is 0. The number of fused-ring (bicyclic) bond motifs is 1. The number of aromatic amines is 1. The van der Waals surface area contributed by atoms with Crippen molar-refractivity contribution in [3.63, 3.8) is 0 Å². The van der Waals surface area contributed by atoms with E-state index in [0.717, 1.165) is 5.69 Å². The molecule has 0 saturated heterocycles. The van der Waals surface area contributed by atoms with Gasteiger partial charge in [0, 0.05) is 16.6 Å². The van der Waals surface area contributed by atoms with Crippen LogP contribution in [-0.4, -0.2) is 4.98 Å². The molecule has 108 valence electrons. The predicted molar refractivity (Wildman–Crippen MR) is 91.7 cm³/mol. The molecule has 0 spiro atoms. The molecule has 1 N–H and O–H groups in total. The van der Waals surface area contributed by atoms with Crippen molar-refractivity contribution in [1.29, 1.82) is 0 Å². The van der Waals surface area contributed by atoms with E-state index >= 15 is 0 Å². The SMILES string of the molecule is F.c1ccc(-c2ccc(-c3cc4ccccc4[nH]3)cc2)cc1. The third kappa shape index (κ3) is 2.51. The van der Waals surface area contributed by atoms with E-state index in [1.807, 2.05) is 6.07 Å². The molecule has 0 amide bonds. The molecule has 2 heteroatoms. The minimum absolute atomic E-state index is 0. The summed E-state index contributed by atoms with van der Waals surface area (Å²) in [6.45, 7) is 0. The molecular formula is C20H16FN. The highest BCUT2D eigenvalue weighted by atomic mass is 19.0. The lowest BCUT2D eigenvalue weighted by Gasteiger charge is -2.03. The number of halogens is 1. The van der Waals surface area contributed by atoms with Gasteiger partial charge in [-0.05, 0) is 28.8 Å². The van der Waals surface area contributed by atoms with Crippen molar-refractivity contribution in [2.75, 3.05) is 0 Å². The van der Waals surface area contributed by atoms with Crippen molar-refractivity contribution in [2.24, 2.45) is 0 Å². The summed E-state index contributed by atoms with van der Waals surface area (Å²) < 4.78 is 0. The van der Waals surface area contributed by atoms with Crippen LogP contribution in [0.3, 0.4) is 0 Å². The summed E-state index contributed by atoms with van der Waals surface area (Å²) in [6, 6.07) is 29.7. The van der Waals surface area contributed by atoms with E-state index in [1.54, 1.807) is 0 Å². The summed E-state index contributed by atoms with van der Waals surface area (Å²) in [4.78, 5) is 3.47. The summed E-state index contributed by atoms with van der Waals surface area (Å²) in [7, 11) is 0. The maximum absolute atomic E-state index is 3.47. The normalized spacial score (nSPS) is 10.4. The number of aromatic nitrogens is 1. The second kappa shape index (κ2) is 5.86. The molecule has 0 atom stereocenters. The number of benzene rings is 3. The Bertz CT molecular complexity index is 843. The minimum atomic E-state index is 0. The van der Waals surface area contributed by atoms with Crippen molar-refractivity contribution in [3.05, 3.63) is 84.9 Å². The van der Waals surface area contributed by atoms with E-state index in [9.17, 15) is 0 Å². The molecule has 0 fully saturated rings. The Morgan fingerprint density at radius 2 is 1.14 bits per heavy atom. The molecule has 0 saturated carbocycles. The van der Waals surface area contributed by atoms with Crippen LogP contribution in [-0.2, 0) is 0 Å². The van der Waals surface area contributed by atoms with Gasteiger partial charge in [-0.25, -0.2) is 0 Å². The largest absolute Gasteiger partial charge is 0.355 e. The highest BCUT2D eigenvalue weighted by Gasteiger charge is 2.03. The number of hydrogen-bond acceptors (Lipinski definition) is 0. The van der Waals surface area contributed by atoms with Gasteiger partial charge >= 0.3 is 0 Å². The van der Waals surface area contributed by atoms with Crippen LogP contribution < -0.4 is 0 Å². The predicted octanol–water partition coefficient (Wildman–Crippen LogP) is 5.65. The van der Waals surface area contributed by atoms with Gasteiger partial charge in [0.05, 0.1) is 0 Å². The van der Waals surface area contributed by atoms with E-state index in [1.165, 1.54) is 27.6 Å². The number of hydrogen-bond donors (Lipinski definition) is 1. The molecule has 4 aromatic rings. The van der Waals surface area contributed by atoms with Gasteiger partial charge < -0.3 is 4.98 Å². The van der Waals surface area contributed by atoms with Crippen LogP contribution in [0.15, 0.2) is 84.9 Å². The maximum Gasteiger partial charge on any atom is 0.0464 e. The standard InChI is InChI=1S/C20H15N.FH/c1-2-6-15(7-3-1)16-10-12-17(13-11-16)20-14-18-8-4-5-9-19(18)21-20;/h1-14,21H;1H. The highest BCUT2D eigenvalue weighted by Crippen LogP contribution is 2.26. The molecule has 0 radical (unpaired) electrons. The molecule has 22 heavy (non-hydrogen) atoms. The van der Waals surface area contributed by atoms with Crippen molar-refractivity contribution in [1.82, 2.24) is 4.98 Å². The Morgan fingerprint density at radius 3 is 1.86 bits per heavy atom. The van der Waals surface area contributed by atoms with E-state index < -0.39 is 0 Å². The first-order chi connectivity index (χ1) is 10.4. The zero-order chi connectivity index (χ0) is 14.1. The Morgan fingerprint density at radius 1 is 0.545 bits per heavy atom. The van der Waals surface area contributed by atoms with Crippen LogP contribution in [0.5, 0.6) is 0 Å². The smallest absolute Gasteiger partial charge is 0.0464 e. The summed E-state index contributed by atoms with van der Waals surface area (Å²) in [5.41, 5.74) is 6.05. The van der Waals surface area contributed by atoms with Gasteiger partial charge in [0.1, 0.15) is 0 Å². The Balaban J connectivity index is 0.00000144. The lowest BCUT2D eigenvalue weighted by atomic mass is 10.0. The molecule has 0 unspecified atom stereocenters.